The Balaban J connectivity index is 1.90. The quantitative estimate of drug-likeness (QED) is 0.747. The van der Waals surface area contributed by atoms with Gasteiger partial charge in [-0.3, -0.25) is 14.9 Å². The van der Waals surface area contributed by atoms with Crippen LogP contribution in [-0.4, -0.2) is 32.9 Å². The van der Waals surface area contributed by atoms with Crippen LogP contribution in [0.5, 0.6) is 0 Å². The van der Waals surface area contributed by atoms with Crippen LogP contribution >= 0.6 is 0 Å². The molecule has 0 aromatic carbocycles. The molecule has 1 atom stereocenters. The van der Waals surface area contributed by atoms with E-state index >= 15 is 0 Å². The van der Waals surface area contributed by atoms with Crippen LogP contribution in [0, 0.1) is 0 Å². The number of carbonyl (C=O) groups is 2. The fourth-order valence-corrected chi connectivity index (χ4v) is 1.82. The second kappa shape index (κ2) is 5.08. The molecule has 0 radical (unpaired) electrons. The van der Waals surface area contributed by atoms with Gasteiger partial charge >= 0.3 is 0 Å². The van der Waals surface area contributed by atoms with Crippen molar-refractivity contribution in [2.75, 3.05) is 0 Å². The summed E-state index contributed by atoms with van der Waals surface area (Å²) in [5.41, 5.74) is 0.666. The number of aromatic nitrogens is 3. The average molecular weight is 265 g/mol. The Labute approximate surface area is 111 Å². The molecule has 1 aliphatic heterocycles. The summed E-state index contributed by atoms with van der Waals surface area (Å²) in [7, 11) is 0. The highest BCUT2D eigenvalue weighted by Crippen LogP contribution is 2.12. The molecule has 2 rings (SSSR count). The van der Waals surface area contributed by atoms with Gasteiger partial charge in [0, 0.05) is 13.0 Å². The maximum atomic E-state index is 11.6. The molecular weight excluding hydrogens is 246 g/mol. The molecule has 2 N–H and O–H groups in total. The molecule has 1 aliphatic rings. The van der Waals surface area contributed by atoms with E-state index in [9.17, 15) is 9.59 Å². The smallest absolute Gasteiger partial charge is 0.243 e. The lowest BCUT2D eigenvalue weighted by atomic mass is 10.1. The topological polar surface area (TPSA) is 88.9 Å². The summed E-state index contributed by atoms with van der Waals surface area (Å²) in [5, 5.41) is 13.5. The Bertz CT molecular complexity index is 489. The van der Waals surface area contributed by atoms with E-state index in [2.05, 4.69) is 20.9 Å². The molecular formula is C12H19N5O2. The number of piperidine rings is 1. The van der Waals surface area contributed by atoms with Crippen LogP contribution in [0.25, 0.3) is 0 Å². The monoisotopic (exact) mass is 265 g/mol. The number of nitrogens with one attached hydrogen (secondary N) is 2. The largest absolute Gasteiger partial charge is 0.300 e. The second-order valence-electron chi connectivity index (χ2n) is 5.71. The van der Waals surface area contributed by atoms with Gasteiger partial charge in [-0.2, -0.15) is 0 Å². The molecule has 0 aliphatic carbocycles. The zero-order valence-corrected chi connectivity index (χ0v) is 11.4. The van der Waals surface area contributed by atoms with Gasteiger partial charge in [0.05, 0.1) is 23.5 Å². The third-order valence-electron chi connectivity index (χ3n) is 3.00. The second-order valence-corrected chi connectivity index (χ2v) is 5.71. The summed E-state index contributed by atoms with van der Waals surface area (Å²) >= 11 is 0. The number of hydrogen-bond acceptors (Lipinski definition) is 5. The van der Waals surface area contributed by atoms with E-state index in [4.69, 9.17) is 0 Å². The SMILES string of the molecule is CC(C)(C)n1cc(CNC2CCC(=O)NC2=O)nn1. The molecule has 104 valence electrons. The maximum absolute atomic E-state index is 11.6. The summed E-state index contributed by atoms with van der Waals surface area (Å²) in [6.45, 7) is 6.58. The summed E-state index contributed by atoms with van der Waals surface area (Å²) in [5.74, 6) is -0.471. The normalized spacial score (nSPS) is 20.5. The number of nitrogens with zero attached hydrogens (tertiary/aromatic N) is 3. The Morgan fingerprint density at radius 1 is 1.47 bits per heavy atom. The minimum Gasteiger partial charge on any atom is -0.300 e. The van der Waals surface area contributed by atoms with E-state index in [1.807, 2.05) is 27.0 Å². The van der Waals surface area contributed by atoms with E-state index in [-0.39, 0.29) is 23.4 Å². The molecule has 1 fully saturated rings. The van der Waals surface area contributed by atoms with Gasteiger partial charge in [-0.15, -0.1) is 5.10 Å². The molecule has 7 nitrogen and oxygen atoms in total. The lowest BCUT2D eigenvalue weighted by molar-refractivity contribution is -0.134. The molecule has 1 saturated heterocycles. The van der Waals surface area contributed by atoms with Crippen molar-refractivity contribution in [3.8, 4) is 0 Å². The van der Waals surface area contributed by atoms with Gasteiger partial charge in [0.1, 0.15) is 0 Å². The van der Waals surface area contributed by atoms with Gasteiger partial charge < -0.3 is 5.32 Å². The van der Waals surface area contributed by atoms with E-state index in [1.165, 1.54) is 0 Å². The molecule has 1 aromatic heterocycles. The molecule has 19 heavy (non-hydrogen) atoms. The molecule has 7 heteroatoms. The van der Waals surface area contributed by atoms with E-state index in [0.29, 0.717) is 19.4 Å². The fraction of sp³-hybridized carbons (Fsp3) is 0.667. The van der Waals surface area contributed by atoms with Gasteiger partial charge in [0.15, 0.2) is 0 Å². The number of carbonyl (C=O) groups excluding carboxylic acids is 2. The van der Waals surface area contributed by atoms with Crippen molar-refractivity contribution in [1.82, 2.24) is 25.6 Å². The van der Waals surface area contributed by atoms with Crippen molar-refractivity contribution in [2.45, 2.75) is 51.7 Å². The van der Waals surface area contributed by atoms with E-state index < -0.39 is 0 Å². The zero-order chi connectivity index (χ0) is 14.0. The van der Waals surface area contributed by atoms with Crippen molar-refractivity contribution < 1.29 is 9.59 Å². The first-order valence-electron chi connectivity index (χ1n) is 6.35. The Morgan fingerprint density at radius 2 is 2.21 bits per heavy atom. The minimum atomic E-state index is -0.336. The van der Waals surface area contributed by atoms with Gasteiger partial charge in [0.25, 0.3) is 0 Å². The first-order chi connectivity index (χ1) is 8.86. The van der Waals surface area contributed by atoms with Gasteiger partial charge in [-0.05, 0) is 27.2 Å². The van der Waals surface area contributed by atoms with Crippen LogP contribution in [-0.2, 0) is 21.7 Å². The third kappa shape index (κ3) is 3.37. The first-order valence-corrected chi connectivity index (χ1v) is 6.35. The summed E-state index contributed by atoms with van der Waals surface area (Å²) in [4.78, 5) is 22.6. The van der Waals surface area contributed by atoms with Crippen molar-refractivity contribution in [2.24, 2.45) is 0 Å². The molecule has 0 spiro atoms. The fourth-order valence-electron chi connectivity index (χ4n) is 1.82. The van der Waals surface area contributed by atoms with Crippen LogP contribution in [0.1, 0.15) is 39.3 Å². The van der Waals surface area contributed by atoms with Crippen molar-refractivity contribution in [3.63, 3.8) is 0 Å². The van der Waals surface area contributed by atoms with Crippen LogP contribution in [0.2, 0.25) is 0 Å². The van der Waals surface area contributed by atoms with Crippen molar-refractivity contribution >= 4 is 11.8 Å². The molecule has 0 bridgehead atoms. The Hall–Kier alpha value is -1.76. The highest BCUT2D eigenvalue weighted by molar-refractivity contribution is 6.00. The minimum absolute atomic E-state index is 0.111. The number of hydrogen-bond donors (Lipinski definition) is 2. The lowest BCUT2D eigenvalue weighted by Gasteiger charge is -2.21. The van der Waals surface area contributed by atoms with Crippen LogP contribution in [0.3, 0.4) is 0 Å². The molecule has 1 aromatic rings. The van der Waals surface area contributed by atoms with Crippen molar-refractivity contribution in [3.05, 3.63) is 11.9 Å². The maximum Gasteiger partial charge on any atom is 0.243 e. The predicted octanol–water partition coefficient (Wildman–Crippen LogP) is -0.0721. The van der Waals surface area contributed by atoms with Gasteiger partial charge in [-0.1, -0.05) is 5.21 Å². The van der Waals surface area contributed by atoms with Crippen LogP contribution < -0.4 is 10.6 Å². The zero-order valence-electron chi connectivity index (χ0n) is 11.4. The molecule has 2 amide bonds. The van der Waals surface area contributed by atoms with Gasteiger partial charge in [-0.25, -0.2) is 4.68 Å². The molecule has 0 saturated carbocycles. The number of rotatable bonds is 3. The lowest BCUT2D eigenvalue weighted by Crippen LogP contribution is -2.50. The molecule has 1 unspecified atom stereocenters. The predicted molar refractivity (Wildman–Crippen MR) is 68.0 cm³/mol. The van der Waals surface area contributed by atoms with Crippen molar-refractivity contribution in [1.29, 1.82) is 0 Å². The molecule has 2 heterocycles. The summed E-state index contributed by atoms with van der Waals surface area (Å²) in [6.07, 6.45) is 2.76. The summed E-state index contributed by atoms with van der Waals surface area (Å²) < 4.78 is 1.79. The Kier molecular flexibility index (Phi) is 3.66. The summed E-state index contributed by atoms with van der Waals surface area (Å²) in [6, 6.07) is -0.336. The Morgan fingerprint density at radius 3 is 2.79 bits per heavy atom. The number of amides is 2. The standard InChI is InChI=1S/C12H19N5O2/c1-12(2,3)17-7-8(15-16-17)6-13-9-4-5-10(18)14-11(9)19/h7,9,13H,4-6H2,1-3H3,(H,14,18,19). The van der Waals surface area contributed by atoms with Gasteiger partial charge in [0.2, 0.25) is 11.8 Å². The van der Waals surface area contributed by atoms with E-state index in [1.54, 1.807) is 4.68 Å². The average Bonchev–Trinajstić information content (AvgIpc) is 2.76. The highest BCUT2D eigenvalue weighted by atomic mass is 16.2. The third-order valence-corrected chi connectivity index (χ3v) is 3.00. The number of imide groups is 1. The highest BCUT2D eigenvalue weighted by Gasteiger charge is 2.26. The first kappa shape index (κ1) is 13.7. The van der Waals surface area contributed by atoms with Crippen LogP contribution in [0.15, 0.2) is 6.20 Å². The van der Waals surface area contributed by atoms with Crippen LogP contribution in [0.4, 0.5) is 0 Å². The van der Waals surface area contributed by atoms with E-state index in [0.717, 1.165) is 5.69 Å².